The molecule has 558 valence electrons. The third-order valence-corrected chi connectivity index (χ3v) is 19.8. The maximum atomic E-state index is 15.1. The van der Waals surface area contributed by atoms with Crippen molar-refractivity contribution in [3.05, 3.63) is 121 Å². The van der Waals surface area contributed by atoms with Crippen molar-refractivity contribution in [1.29, 1.82) is 0 Å². The highest BCUT2D eigenvalue weighted by Gasteiger charge is 2.44. The molecule has 0 aliphatic carbocycles. The second-order valence-corrected chi connectivity index (χ2v) is 27.7. The van der Waals surface area contributed by atoms with Gasteiger partial charge in [0.25, 0.3) is 17.7 Å². The molecule has 9 atom stereocenters. The van der Waals surface area contributed by atoms with Gasteiger partial charge in [0.15, 0.2) is 34.2 Å². The van der Waals surface area contributed by atoms with Crippen LogP contribution >= 0.6 is 0 Å². The first-order valence-electron chi connectivity index (χ1n) is 35.0. The van der Waals surface area contributed by atoms with Crippen LogP contribution in [0.5, 0.6) is 11.5 Å². The van der Waals surface area contributed by atoms with Crippen LogP contribution in [0.4, 0.5) is 21.9 Å². The number of aliphatic imine (C=N–C) groups is 1. The van der Waals surface area contributed by atoms with E-state index in [1.54, 1.807) is 77.2 Å². The smallest absolute Gasteiger partial charge is 0.410 e. The van der Waals surface area contributed by atoms with Crippen molar-refractivity contribution in [2.24, 2.45) is 40.1 Å². The van der Waals surface area contributed by atoms with Crippen molar-refractivity contribution in [2.45, 2.75) is 168 Å². The first-order chi connectivity index (χ1) is 49.4. The van der Waals surface area contributed by atoms with Crippen LogP contribution in [0.25, 0.3) is 38.7 Å². The van der Waals surface area contributed by atoms with Gasteiger partial charge in [0.1, 0.15) is 29.3 Å². The minimum absolute atomic E-state index is 0.00254. The van der Waals surface area contributed by atoms with Crippen molar-refractivity contribution < 1.29 is 82.5 Å². The Morgan fingerprint density at radius 2 is 1.62 bits per heavy atom. The molecule has 29 nitrogen and oxygen atoms in total. The van der Waals surface area contributed by atoms with Crippen molar-refractivity contribution in [3.8, 4) is 11.5 Å². The summed E-state index contributed by atoms with van der Waals surface area (Å²) in [4.78, 5) is 135. The zero-order valence-electron chi connectivity index (χ0n) is 59.9. The number of fused-ring (bicyclic) bond motifs is 2. The number of benzene rings is 4. The SMILES string of the molecule is CO[C@H]1/C=C/O[C@@]2(C)Oc3c(C)c(O)c4c(=O)c(c5oc6cc(N7CCC(N(C)C(=O)OCc8ccc(NC(=O)[C@H](CCCN=C(N)N)CC(=O)[C@@H](NC(=O)CCCCCN9C(=O)C=CC9=O)C(C)C)cc8)CC7)cc(=O)c6nc5c4c3=C2O)NC(=O)/C(C)=C\C=C\[C@H](C)[C@H](O)[C@@H](C)[C@@H](O)C[C@H](O)C1. The zero-order valence-corrected chi connectivity index (χ0v) is 59.9. The van der Waals surface area contributed by atoms with Gasteiger partial charge < -0.3 is 86.1 Å². The summed E-state index contributed by atoms with van der Waals surface area (Å²) in [5, 5.41) is 65.2. The van der Waals surface area contributed by atoms with Crippen molar-refractivity contribution >= 4 is 103 Å². The average Bonchev–Trinajstić information content (AvgIpc) is 1.39. The van der Waals surface area contributed by atoms with Crippen LogP contribution < -0.4 is 53.1 Å². The number of aromatic nitrogens is 1. The minimum Gasteiger partial charge on any atom is -0.507 e. The molecule has 0 radical (unpaired) electrons. The van der Waals surface area contributed by atoms with Crippen LogP contribution in [0, 0.1) is 30.6 Å². The second-order valence-electron chi connectivity index (χ2n) is 27.7. The molecule has 1 saturated heterocycles. The maximum Gasteiger partial charge on any atom is 0.410 e. The number of ketones is 1. The number of ether oxygens (including phenoxy) is 4. The molecule has 1 aromatic heterocycles. The number of nitrogens with zero attached hydrogens (tertiary/aromatic N) is 5. The van der Waals surface area contributed by atoms with E-state index in [9.17, 15) is 63.9 Å². The van der Waals surface area contributed by atoms with Crippen LogP contribution in [-0.2, 0) is 49.6 Å². The van der Waals surface area contributed by atoms with E-state index in [0.717, 1.165) is 4.90 Å². The van der Waals surface area contributed by atoms with Crippen LogP contribution in [-0.4, -0.2) is 170 Å². The molecule has 4 aliphatic heterocycles. The molecule has 5 aromatic rings. The quantitative estimate of drug-likeness (QED) is 0.00958. The molecule has 29 heteroatoms. The van der Waals surface area contributed by atoms with Crippen LogP contribution in [0.15, 0.2) is 104 Å². The number of aliphatic hydroxyl groups excluding tert-OH is 4. The summed E-state index contributed by atoms with van der Waals surface area (Å²) in [6.07, 6.45) is 7.98. The molecule has 4 bridgehead atoms. The number of phenols is 1. The fraction of sp³-hybridized carbons (Fsp3) is 0.480. The summed E-state index contributed by atoms with van der Waals surface area (Å²) in [5.41, 5.74) is 9.80. The van der Waals surface area contributed by atoms with Crippen LogP contribution in [0.1, 0.15) is 123 Å². The van der Waals surface area contributed by atoms with E-state index in [1.165, 1.54) is 69.4 Å². The number of aliphatic hydroxyl groups is 4. The first kappa shape index (κ1) is 77.9. The van der Waals surface area contributed by atoms with E-state index in [4.69, 9.17) is 39.8 Å². The number of Topliss-reactive ketones (excluding diaryl/α,β-unsaturated/α-hetero) is 1. The third-order valence-electron chi connectivity index (χ3n) is 19.8. The van der Waals surface area contributed by atoms with Gasteiger partial charge in [-0.05, 0) is 88.5 Å². The predicted molar refractivity (Wildman–Crippen MR) is 389 cm³/mol. The highest BCUT2D eigenvalue weighted by Crippen LogP contribution is 2.42. The lowest BCUT2D eigenvalue weighted by atomic mass is 9.86. The highest BCUT2D eigenvalue weighted by molar-refractivity contribution is 6.17. The highest BCUT2D eigenvalue weighted by atomic mass is 16.7. The second kappa shape index (κ2) is 33.9. The van der Waals surface area contributed by atoms with E-state index in [0.29, 0.717) is 68.6 Å². The Bertz CT molecular complexity index is 4420. The molecule has 0 saturated carbocycles. The van der Waals surface area contributed by atoms with Gasteiger partial charge in [0.05, 0.1) is 47.3 Å². The van der Waals surface area contributed by atoms with Gasteiger partial charge in [-0.25, -0.2) is 9.78 Å². The molecule has 0 spiro atoms. The van der Waals surface area contributed by atoms with Gasteiger partial charge in [-0.15, -0.1) is 0 Å². The van der Waals surface area contributed by atoms with E-state index in [1.807, 2.05) is 4.90 Å². The number of allylic oxidation sites excluding steroid dienone is 2. The fourth-order valence-electron chi connectivity index (χ4n) is 13.3. The van der Waals surface area contributed by atoms with Gasteiger partial charge in [-0.1, -0.05) is 64.5 Å². The number of nitrogens with one attached hydrogen (secondary N) is 3. The number of aromatic hydroxyl groups is 1. The molecule has 1 fully saturated rings. The summed E-state index contributed by atoms with van der Waals surface area (Å²) >= 11 is 0. The first-order valence-corrected chi connectivity index (χ1v) is 35.0. The number of rotatable bonds is 22. The minimum atomic E-state index is -2.02. The number of hydrogen-bond donors (Lipinski definition) is 10. The summed E-state index contributed by atoms with van der Waals surface area (Å²) in [6.45, 7) is 12.4. The van der Waals surface area contributed by atoms with Crippen LogP contribution in [0.3, 0.4) is 0 Å². The molecule has 6 amide bonds. The zero-order chi connectivity index (χ0) is 75.6. The number of amides is 6. The number of imide groups is 1. The number of carbonyl (C=O) groups is 7. The molecular formula is C75H94N10O19. The number of nitrogens with two attached hydrogens (primary N) is 2. The number of carbonyl (C=O) groups excluding carboxylic acids is 7. The number of unbranched alkanes of at least 4 members (excludes halogenated alkanes) is 2. The van der Waals surface area contributed by atoms with E-state index < -0.39 is 105 Å². The molecule has 104 heavy (non-hydrogen) atoms. The largest absolute Gasteiger partial charge is 0.507 e. The Kier molecular flexibility index (Phi) is 25.4. The predicted octanol–water partition coefficient (Wildman–Crippen LogP) is 5.93. The Hall–Kier alpha value is -10.2. The van der Waals surface area contributed by atoms with E-state index in [-0.39, 0.29) is 143 Å². The normalized spacial score (nSPS) is 23.0. The maximum absolute atomic E-state index is 15.1. The number of anilines is 3. The Balaban J connectivity index is 0.882. The van der Waals surface area contributed by atoms with Crippen molar-refractivity contribution in [3.63, 3.8) is 0 Å². The summed E-state index contributed by atoms with van der Waals surface area (Å²) in [5.74, 6) is -8.36. The average molecular weight is 1440 g/mol. The standard InChI is InChI=1S/C75H94N10O19/c1-39(2)61(80-55(90)18-11-10-12-29-85-56(91)23-24-57(85)92)52(88)33-45(17-14-28-78-73(76)77)72(98)79-46-21-19-44(20-22-46)38-101-74(99)83(8)47-25-30-84(31-26-47)48-34-53(89)62-54(35-48)103-69-63(81-62)58-59-66(94)43(6)68-60(58)70(96)75(7,104-68)102-32-27-50(100-9)36-49(86)37-51(87)42(5)65(93)40(3)15-13-16-41(4)71(97)82-64(69)67(59)95/h13,15-16,19-24,27,32,34-35,39-40,42,45,47,49-51,61,65,86-87,93-94,96H,10-12,14,17-18,25-26,28-31,33,36-38H2,1-9H3,(H,79,98)(H,80,90)(H,82,97)(H4,76,77,78)/b15-13+,32-27+,41-16-/t40-,42-,45+,49+,50-,51-,61-,65-,75-/m0/s1. The lowest BCUT2D eigenvalue weighted by molar-refractivity contribution is -0.137. The Morgan fingerprint density at radius 3 is 2.29 bits per heavy atom. The van der Waals surface area contributed by atoms with Crippen molar-refractivity contribution in [1.82, 2.24) is 20.1 Å². The molecule has 9 rings (SSSR count). The Morgan fingerprint density at radius 1 is 0.913 bits per heavy atom. The van der Waals surface area contributed by atoms with Gasteiger partial charge in [0.2, 0.25) is 22.7 Å². The van der Waals surface area contributed by atoms with E-state index in [2.05, 4.69) is 20.9 Å². The summed E-state index contributed by atoms with van der Waals surface area (Å²) in [7, 11) is 3.03. The lowest BCUT2D eigenvalue weighted by Crippen LogP contribution is -2.46. The van der Waals surface area contributed by atoms with E-state index >= 15 is 4.79 Å². The third kappa shape index (κ3) is 18.0. The molecule has 12 N–H and O–H groups in total. The summed E-state index contributed by atoms with van der Waals surface area (Å²) < 4.78 is 30.2. The topological polar surface area (TPSA) is 428 Å². The molecule has 4 aliphatic rings. The number of methoxy groups -OCH3 is 1. The van der Waals surface area contributed by atoms with Gasteiger partial charge in [-0.3, -0.25) is 48.2 Å². The number of hydrogen-bond acceptors (Lipinski definition) is 22. The molecule has 5 heterocycles. The van der Waals surface area contributed by atoms with Gasteiger partial charge >= 0.3 is 11.9 Å². The number of phenolic OH excluding ortho intramolecular Hbond substituents is 1. The molecular weight excluding hydrogens is 1340 g/mol. The lowest BCUT2D eigenvalue weighted by Gasteiger charge is -2.37. The van der Waals surface area contributed by atoms with Gasteiger partial charge in [-0.2, -0.15) is 0 Å². The summed E-state index contributed by atoms with van der Waals surface area (Å²) in [6, 6.07) is 8.43. The van der Waals surface area contributed by atoms with Gasteiger partial charge in [0, 0.05) is 143 Å². The molecule has 4 aromatic carbocycles. The van der Waals surface area contributed by atoms with Crippen LogP contribution in [0.2, 0.25) is 0 Å². The number of piperidine rings is 1. The van der Waals surface area contributed by atoms with Crippen molar-refractivity contribution in [2.75, 3.05) is 55.9 Å². The Labute approximate surface area is 600 Å². The number of guanidine groups is 1. The molecule has 0 unspecified atom stereocenters. The monoisotopic (exact) mass is 1440 g/mol. The fourth-order valence-corrected chi connectivity index (χ4v) is 13.3.